The van der Waals surface area contributed by atoms with E-state index in [1.54, 1.807) is 17.9 Å². The van der Waals surface area contributed by atoms with E-state index in [1.165, 1.54) is 31.7 Å². The zero-order chi connectivity index (χ0) is 19.4. The molecule has 1 saturated heterocycles. The van der Waals surface area contributed by atoms with Gasteiger partial charge in [0.1, 0.15) is 6.26 Å². The van der Waals surface area contributed by atoms with Crippen molar-refractivity contribution in [3.8, 4) is 5.88 Å². The highest BCUT2D eigenvalue weighted by Crippen LogP contribution is 2.29. The third-order valence-corrected chi connectivity index (χ3v) is 7.16. The molecule has 1 fully saturated rings. The second-order valence-electron chi connectivity index (χ2n) is 6.43. The third kappa shape index (κ3) is 4.21. The van der Waals surface area contributed by atoms with Crippen LogP contribution in [0, 0.1) is 5.92 Å². The van der Waals surface area contributed by atoms with Crippen molar-refractivity contribution in [3.05, 3.63) is 30.7 Å². The number of amides is 2. The standard InChI is InChI=1S/C17H22N4O5S/c1-12(27(23,24)14-3-4-16(25-2)18-11-14)13-5-8-21(9-6-13)17(22)19-15-7-10-26-20-15/h3-4,7,10-13H,5-6,8-9H2,1-2H3,(H,19,20,22)/t12-/m0/s1. The van der Waals surface area contributed by atoms with Crippen molar-refractivity contribution in [1.29, 1.82) is 0 Å². The number of sulfone groups is 1. The first-order valence-corrected chi connectivity index (χ1v) is 10.2. The fourth-order valence-electron chi connectivity index (χ4n) is 3.16. The lowest BCUT2D eigenvalue weighted by molar-refractivity contribution is 0.181. The minimum atomic E-state index is -3.50. The summed E-state index contributed by atoms with van der Waals surface area (Å²) in [5.74, 6) is 0.686. The summed E-state index contributed by atoms with van der Waals surface area (Å²) in [5, 5.41) is 5.73. The molecule has 3 heterocycles. The van der Waals surface area contributed by atoms with Crippen molar-refractivity contribution >= 4 is 21.7 Å². The second-order valence-corrected chi connectivity index (χ2v) is 8.73. The number of methoxy groups -OCH3 is 1. The molecule has 2 aromatic rings. The predicted octanol–water partition coefficient (Wildman–Crippen LogP) is 2.18. The Balaban J connectivity index is 1.60. The number of carbonyl (C=O) groups excluding carboxylic acids is 1. The summed E-state index contributed by atoms with van der Waals surface area (Å²) in [6.07, 6.45) is 3.92. The van der Waals surface area contributed by atoms with E-state index >= 15 is 0 Å². The molecule has 1 aliphatic rings. The van der Waals surface area contributed by atoms with Crippen LogP contribution in [0.15, 0.2) is 40.1 Å². The van der Waals surface area contributed by atoms with Crippen molar-refractivity contribution in [2.24, 2.45) is 5.92 Å². The van der Waals surface area contributed by atoms with Gasteiger partial charge in [-0.05, 0) is 31.7 Å². The first-order valence-electron chi connectivity index (χ1n) is 8.62. The molecule has 9 nitrogen and oxygen atoms in total. The number of likely N-dealkylation sites (tertiary alicyclic amines) is 1. The van der Waals surface area contributed by atoms with Gasteiger partial charge in [-0.1, -0.05) is 5.16 Å². The number of nitrogens with one attached hydrogen (secondary N) is 1. The summed E-state index contributed by atoms with van der Waals surface area (Å²) in [4.78, 5) is 18.0. The smallest absolute Gasteiger partial charge is 0.323 e. The molecule has 0 unspecified atom stereocenters. The number of hydrogen-bond donors (Lipinski definition) is 1. The van der Waals surface area contributed by atoms with Crippen LogP contribution >= 0.6 is 0 Å². The van der Waals surface area contributed by atoms with E-state index in [0.29, 0.717) is 37.6 Å². The van der Waals surface area contributed by atoms with Crippen LogP contribution in [0.4, 0.5) is 10.6 Å². The topological polar surface area (TPSA) is 115 Å². The number of anilines is 1. The lowest BCUT2D eigenvalue weighted by atomic mass is 9.94. The van der Waals surface area contributed by atoms with Crippen molar-refractivity contribution in [3.63, 3.8) is 0 Å². The normalized spacial score (nSPS) is 16.7. The summed E-state index contributed by atoms with van der Waals surface area (Å²) in [6.45, 7) is 2.68. The summed E-state index contributed by atoms with van der Waals surface area (Å²) in [5.41, 5.74) is 0. The van der Waals surface area contributed by atoms with Gasteiger partial charge in [0.25, 0.3) is 0 Å². The molecule has 1 atom stereocenters. The van der Waals surface area contributed by atoms with Crippen molar-refractivity contribution in [2.75, 3.05) is 25.5 Å². The van der Waals surface area contributed by atoms with Gasteiger partial charge in [0.15, 0.2) is 15.7 Å². The Hall–Kier alpha value is -2.62. The van der Waals surface area contributed by atoms with E-state index in [2.05, 4.69) is 20.0 Å². The maximum absolute atomic E-state index is 12.9. The van der Waals surface area contributed by atoms with E-state index in [0.717, 1.165) is 0 Å². The quantitative estimate of drug-likeness (QED) is 0.826. The van der Waals surface area contributed by atoms with Gasteiger partial charge in [-0.15, -0.1) is 0 Å². The minimum Gasteiger partial charge on any atom is -0.481 e. The molecule has 2 aromatic heterocycles. The molecule has 0 aromatic carbocycles. The Morgan fingerprint density at radius 1 is 1.33 bits per heavy atom. The Kier molecular flexibility index (Phi) is 5.64. The molecule has 146 valence electrons. The zero-order valence-electron chi connectivity index (χ0n) is 15.2. The van der Waals surface area contributed by atoms with Gasteiger partial charge in [-0.3, -0.25) is 5.32 Å². The number of ether oxygens (including phenoxy) is 1. The molecule has 0 saturated carbocycles. The average Bonchev–Trinajstić information content (AvgIpc) is 3.20. The zero-order valence-corrected chi connectivity index (χ0v) is 16.0. The Bertz CT molecular complexity index is 859. The average molecular weight is 394 g/mol. The minimum absolute atomic E-state index is 0.0341. The molecule has 3 rings (SSSR count). The first kappa shape index (κ1) is 19.2. The Morgan fingerprint density at radius 2 is 2.07 bits per heavy atom. The monoisotopic (exact) mass is 394 g/mol. The lowest BCUT2D eigenvalue weighted by Gasteiger charge is -2.34. The first-order chi connectivity index (χ1) is 12.9. The van der Waals surface area contributed by atoms with Crippen LogP contribution in [-0.2, 0) is 9.84 Å². The van der Waals surface area contributed by atoms with Crippen LogP contribution in [0.2, 0.25) is 0 Å². The SMILES string of the molecule is COc1ccc(S(=O)(=O)[C@@H](C)C2CCN(C(=O)Nc3ccon3)CC2)cn1. The van der Waals surface area contributed by atoms with Crippen LogP contribution in [-0.4, -0.2) is 54.9 Å². The number of carbonyl (C=O) groups is 1. The molecule has 0 bridgehead atoms. The van der Waals surface area contributed by atoms with Crippen molar-refractivity contribution < 1.29 is 22.5 Å². The number of piperidine rings is 1. The molecule has 0 radical (unpaired) electrons. The van der Waals surface area contributed by atoms with Crippen LogP contribution in [0.3, 0.4) is 0 Å². The highest BCUT2D eigenvalue weighted by molar-refractivity contribution is 7.92. The van der Waals surface area contributed by atoms with Crippen LogP contribution in [0.1, 0.15) is 19.8 Å². The molecular weight excluding hydrogens is 372 g/mol. The summed E-state index contributed by atoms with van der Waals surface area (Å²) in [7, 11) is -2.02. The molecular formula is C17H22N4O5S. The number of nitrogens with zero attached hydrogens (tertiary/aromatic N) is 3. The Morgan fingerprint density at radius 3 is 2.63 bits per heavy atom. The number of urea groups is 1. The fourth-order valence-corrected chi connectivity index (χ4v) is 4.83. The van der Waals surface area contributed by atoms with Crippen LogP contribution in [0.5, 0.6) is 5.88 Å². The predicted molar refractivity (Wildman–Crippen MR) is 97.3 cm³/mol. The summed E-state index contributed by atoms with van der Waals surface area (Å²) < 4.78 is 35.4. The van der Waals surface area contributed by atoms with E-state index < -0.39 is 15.1 Å². The number of aromatic nitrogens is 2. The molecule has 2 amide bonds. The number of rotatable bonds is 5. The van der Waals surface area contributed by atoms with Gasteiger partial charge < -0.3 is 14.2 Å². The third-order valence-electron chi connectivity index (χ3n) is 4.90. The van der Waals surface area contributed by atoms with Gasteiger partial charge in [-0.2, -0.15) is 0 Å². The van der Waals surface area contributed by atoms with Crippen molar-refractivity contribution in [2.45, 2.75) is 29.9 Å². The van der Waals surface area contributed by atoms with Crippen molar-refractivity contribution in [1.82, 2.24) is 15.0 Å². The maximum Gasteiger partial charge on any atom is 0.323 e. The second kappa shape index (κ2) is 7.95. The van der Waals surface area contributed by atoms with Gasteiger partial charge in [0, 0.05) is 31.4 Å². The summed E-state index contributed by atoms with van der Waals surface area (Å²) in [6, 6.07) is 4.34. The lowest BCUT2D eigenvalue weighted by Crippen LogP contribution is -2.44. The molecule has 0 spiro atoms. The number of hydrogen-bond acceptors (Lipinski definition) is 7. The molecule has 10 heteroatoms. The Labute approximate surface area is 157 Å². The molecule has 0 aliphatic carbocycles. The van der Waals surface area contributed by atoms with E-state index in [-0.39, 0.29) is 16.8 Å². The van der Waals surface area contributed by atoms with Gasteiger partial charge in [-0.25, -0.2) is 18.2 Å². The van der Waals surface area contributed by atoms with Gasteiger partial charge in [0.2, 0.25) is 5.88 Å². The molecule has 1 aliphatic heterocycles. The van der Waals surface area contributed by atoms with E-state index in [1.807, 2.05) is 0 Å². The van der Waals surface area contributed by atoms with E-state index in [9.17, 15) is 13.2 Å². The van der Waals surface area contributed by atoms with Gasteiger partial charge in [0.05, 0.1) is 17.3 Å². The van der Waals surface area contributed by atoms with Crippen LogP contribution in [0.25, 0.3) is 0 Å². The largest absolute Gasteiger partial charge is 0.481 e. The van der Waals surface area contributed by atoms with Crippen LogP contribution < -0.4 is 10.1 Å². The highest BCUT2D eigenvalue weighted by atomic mass is 32.2. The highest BCUT2D eigenvalue weighted by Gasteiger charge is 2.34. The summed E-state index contributed by atoms with van der Waals surface area (Å²) >= 11 is 0. The molecule has 27 heavy (non-hydrogen) atoms. The number of pyridine rings is 1. The van der Waals surface area contributed by atoms with Gasteiger partial charge >= 0.3 is 6.03 Å². The fraction of sp³-hybridized carbons (Fsp3) is 0.471. The maximum atomic E-state index is 12.9. The van der Waals surface area contributed by atoms with E-state index in [4.69, 9.17) is 4.74 Å². The molecule has 1 N–H and O–H groups in total.